The molecule has 21 heavy (non-hydrogen) atoms. The Kier molecular flexibility index (Phi) is 4.79. The summed E-state index contributed by atoms with van der Waals surface area (Å²) >= 11 is 0. The lowest BCUT2D eigenvalue weighted by Crippen LogP contribution is -2.18. The minimum Gasteiger partial charge on any atom is -0.306 e. The zero-order chi connectivity index (χ0) is 15.6. The molecule has 0 saturated heterocycles. The highest BCUT2D eigenvalue weighted by Gasteiger charge is 2.08. The first-order valence-electron chi connectivity index (χ1n) is 7.44. The molecule has 0 aliphatic carbocycles. The van der Waals surface area contributed by atoms with Crippen molar-refractivity contribution in [1.29, 1.82) is 0 Å². The van der Waals surface area contributed by atoms with Crippen molar-refractivity contribution in [2.45, 2.75) is 47.2 Å². The first-order chi connectivity index (χ1) is 9.86. The quantitative estimate of drug-likeness (QED) is 0.841. The maximum atomic E-state index is 13.6. The molecule has 1 N–H and O–H groups in total. The van der Waals surface area contributed by atoms with Crippen LogP contribution in [0.15, 0.2) is 30.3 Å². The van der Waals surface area contributed by atoms with E-state index < -0.39 is 0 Å². The van der Waals surface area contributed by atoms with Gasteiger partial charge in [0.2, 0.25) is 0 Å². The third kappa shape index (κ3) is 3.92. The number of nitrogens with one attached hydrogen (secondary N) is 1. The maximum absolute atomic E-state index is 13.6. The molecular formula is C19H24FN. The molecule has 0 spiro atoms. The van der Waals surface area contributed by atoms with Gasteiger partial charge in [0.15, 0.2) is 0 Å². The number of benzene rings is 2. The van der Waals surface area contributed by atoms with E-state index in [0.29, 0.717) is 11.1 Å². The normalized spacial score (nSPS) is 12.5. The first kappa shape index (κ1) is 15.7. The molecule has 0 amide bonds. The SMILES string of the molecule is Cc1cc(C)cc(C(C)NCc2cc(C)c(F)c(C)c2)c1. The zero-order valence-electron chi connectivity index (χ0n) is 13.5. The Morgan fingerprint density at radius 2 is 1.43 bits per heavy atom. The van der Waals surface area contributed by atoms with Gasteiger partial charge in [-0.25, -0.2) is 4.39 Å². The van der Waals surface area contributed by atoms with Crippen molar-refractivity contribution in [2.24, 2.45) is 0 Å². The van der Waals surface area contributed by atoms with Gasteiger partial charge in [0.1, 0.15) is 5.82 Å². The van der Waals surface area contributed by atoms with E-state index in [1.165, 1.54) is 16.7 Å². The van der Waals surface area contributed by atoms with E-state index in [1.54, 1.807) is 0 Å². The van der Waals surface area contributed by atoms with Crippen molar-refractivity contribution >= 4 is 0 Å². The third-order valence-electron chi connectivity index (χ3n) is 3.85. The van der Waals surface area contributed by atoms with Crippen LogP contribution in [0.5, 0.6) is 0 Å². The van der Waals surface area contributed by atoms with Crippen LogP contribution >= 0.6 is 0 Å². The molecule has 1 nitrogen and oxygen atoms in total. The fourth-order valence-corrected chi connectivity index (χ4v) is 2.79. The van der Waals surface area contributed by atoms with Crippen molar-refractivity contribution in [3.05, 3.63) is 69.5 Å². The standard InChI is InChI=1S/C19H24FN/c1-12-6-13(2)8-18(7-12)16(5)21-11-17-9-14(3)19(20)15(4)10-17/h6-10,16,21H,11H2,1-5H3. The van der Waals surface area contributed by atoms with Gasteiger partial charge in [-0.05, 0) is 56.9 Å². The minimum atomic E-state index is -0.0962. The Hall–Kier alpha value is -1.67. The van der Waals surface area contributed by atoms with E-state index >= 15 is 0 Å². The second kappa shape index (κ2) is 6.40. The lowest BCUT2D eigenvalue weighted by Gasteiger charge is -2.16. The molecule has 2 heteroatoms. The molecule has 2 aromatic rings. The van der Waals surface area contributed by atoms with Crippen molar-refractivity contribution in [1.82, 2.24) is 5.32 Å². The summed E-state index contributed by atoms with van der Waals surface area (Å²) in [6, 6.07) is 10.7. The Labute approximate surface area is 127 Å². The summed E-state index contributed by atoms with van der Waals surface area (Å²) in [4.78, 5) is 0. The molecular weight excluding hydrogens is 261 g/mol. The fourth-order valence-electron chi connectivity index (χ4n) is 2.79. The van der Waals surface area contributed by atoms with E-state index in [1.807, 2.05) is 26.0 Å². The molecule has 1 atom stereocenters. The summed E-state index contributed by atoms with van der Waals surface area (Å²) < 4.78 is 13.6. The second-order valence-corrected chi connectivity index (χ2v) is 6.07. The molecule has 0 radical (unpaired) electrons. The molecule has 0 fully saturated rings. The molecule has 112 valence electrons. The van der Waals surface area contributed by atoms with Crippen LogP contribution in [0.1, 0.15) is 46.3 Å². The zero-order valence-corrected chi connectivity index (χ0v) is 13.5. The summed E-state index contributed by atoms with van der Waals surface area (Å²) in [5.74, 6) is -0.0962. The van der Waals surface area contributed by atoms with Crippen molar-refractivity contribution in [2.75, 3.05) is 0 Å². The average Bonchev–Trinajstić information content (AvgIpc) is 2.40. The van der Waals surface area contributed by atoms with Crippen LogP contribution in [0.4, 0.5) is 4.39 Å². The Bertz CT molecular complexity index is 603. The van der Waals surface area contributed by atoms with E-state index in [0.717, 1.165) is 12.1 Å². The number of halogens is 1. The van der Waals surface area contributed by atoms with Gasteiger partial charge < -0.3 is 5.32 Å². The van der Waals surface area contributed by atoms with Gasteiger partial charge in [-0.15, -0.1) is 0 Å². The molecule has 2 aromatic carbocycles. The molecule has 2 rings (SSSR count). The van der Waals surface area contributed by atoms with Crippen molar-refractivity contribution in [3.8, 4) is 0 Å². The van der Waals surface area contributed by atoms with Crippen LogP contribution in [-0.2, 0) is 6.54 Å². The Balaban J connectivity index is 2.09. The molecule has 0 bridgehead atoms. The van der Waals surface area contributed by atoms with Gasteiger partial charge in [-0.1, -0.05) is 41.5 Å². The lowest BCUT2D eigenvalue weighted by atomic mass is 10.0. The van der Waals surface area contributed by atoms with E-state index in [9.17, 15) is 4.39 Å². The topological polar surface area (TPSA) is 12.0 Å². The lowest BCUT2D eigenvalue weighted by molar-refractivity contribution is 0.570. The van der Waals surface area contributed by atoms with Crippen LogP contribution in [0.3, 0.4) is 0 Å². The van der Waals surface area contributed by atoms with Gasteiger partial charge in [0.05, 0.1) is 0 Å². The van der Waals surface area contributed by atoms with E-state index in [4.69, 9.17) is 0 Å². The highest BCUT2D eigenvalue weighted by molar-refractivity contribution is 5.32. The first-order valence-corrected chi connectivity index (χ1v) is 7.44. The highest BCUT2D eigenvalue weighted by atomic mass is 19.1. The summed E-state index contributed by atoms with van der Waals surface area (Å²) in [5, 5.41) is 3.52. The van der Waals surface area contributed by atoms with Crippen molar-refractivity contribution < 1.29 is 4.39 Å². The number of hydrogen-bond donors (Lipinski definition) is 1. The smallest absolute Gasteiger partial charge is 0.129 e. The van der Waals surface area contributed by atoms with Crippen LogP contribution in [-0.4, -0.2) is 0 Å². The number of aryl methyl sites for hydroxylation is 4. The van der Waals surface area contributed by atoms with Crippen LogP contribution in [0.25, 0.3) is 0 Å². The summed E-state index contributed by atoms with van der Waals surface area (Å²) in [7, 11) is 0. The van der Waals surface area contributed by atoms with Gasteiger partial charge in [0.25, 0.3) is 0 Å². The Morgan fingerprint density at radius 3 is 1.95 bits per heavy atom. The molecule has 1 unspecified atom stereocenters. The predicted octanol–water partition coefficient (Wildman–Crippen LogP) is 4.91. The summed E-state index contributed by atoms with van der Waals surface area (Å²) in [5.41, 5.74) is 6.42. The average molecular weight is 285 g/mol. The van der Waals surface area contributed by atoms with Gasteiger partial charge in [-0.2, -0.15) is 0 Å². The molecule has 0 aromatic heterocycles. The van der Waals surface area contributed by atoms with Crippen LogP contribution < -0.4 is 5.32 Å². The Morgan fingerprint density at radius 1 is 0.905 bits per heavy atom. The summed E-state index contributed by atoms with van der Waals surface area (Å²) in [6.45, 7) is 10.8. The number of hydrogen-bond acceptors (Lipinski definition) is 1. The summed E-state index contributed by atoms with van der Waals surface area (Å²) in [6.07, 6.45) is 0. The molecule has 0 saturated carbocycles. The second-order valence-electron chi connectivity index (χ2n) is 6.07. The molecule has 0 heterocycles. The fraction of sp³-hybridized carbons (Fsp3) is 0.368. The molecule has 0 aliphatic rings. The number of rotatable bonds is 4. The van der Waals surface area contributed by atoms with Crippen LogP contribution in [0.2, 0.25) is 0 Å². The third-order valence-corrected chi connectivity index (χ3v) is 3.85. The van der Waals surface area contributed by atoms with Crippen molar-refractivity contribution in [3.63, 3.8) is 0 Å². The van der Waals surface area contributed by atoms with E-state index in [2.05, 4.69) is 44.3 Å². The van der Waals surface area contributed by atoms with Gasteiger partial charge >= 0.3 is 0 Å². The maximum Gasteiger partial charge on any atom is 0.129 e. The van der Waals surface area contributed by atoms with Crippen LogP contribution in [0, 0.1) is 33.5 Å². The predicted molar refractivity (Wildman–Crippen MR) is 87.0 cm³/mol. The molecule has 0 aliphatic heterocycles. The van der Waals surface area contributed by atoms with Gasteiger partial charge in [-0.3, -0.25) is 0 Å². The largest absolute Gasteiger partial charge is 0.306 e. The van der Waals surface area contributed by atoms with E-state index in [-0.39, 0.29) is 11.9 Å². The highest BCUT2D eigenvalue weighted by Crippen LogP contribution is 2.19. The van der Waals surface area contributed by atoms with Gasteiger partial charge in [0, 0.05) is 12.6 Å². The minimum absolute atomic E-state index is 0.0962. The monoisotopic (exact) mass is 285 g/mol.